The zero-order valence-corrected chi connectivity index (χ0v) is 15.0. The van der Waals surface area contributed by atoms with E-state index in [0.29, 0.717) is 23.1 Å². The van der Waals surface area contributed by atoms with Crippen molar-refractivity contribution in [3.8, 4) is 22.7 Å². The number of rotatable bonds is 6. The number of anilines is 1. The van der Waals surface area contributed by atoms with E-state index in [2.05, 4.69) is 39.2 Å². The van der Waals surface area contributed by atoms with Crippen LogP contribution in [0.15, 0.2) is 77.9 Å². The molecule has 0 atom stereocenters. The second-order valence-electron chi connectivity index (χ2n) is 6.16. The summed E-state index contributed by atoms with van der Waals surface area (Å²) in [7, 11) is 1.99. The van der Waals surface area contributed by atoms with Gasteiger partial charge in [-0.15, -0.1) is 0 Å². The molecule has 0 aliphatic heterocycles. The second-order valence-corrected chi connectivity index (χ2v) is 6.16. The van der Waals surface area contributed by atoms with Crippen molar-refractivity contribution in [2.75, 3.05) is 18.5 Å². The van der Waals surface area contributed by atoms with E-state index in [0.717, 1.165) is 18.5 Å². The summed E-state index contributed by atoms with van der Waals surface area (Å²) in [5.41, 5.74) is 3.49. The lowest BCUT2D eigenvalue weighted by Crippen LogP contribution is -2.22. The van der Waals surface area contributed by atoms with E-state index in [-0.39, 0.29) is 0 Å². The SMILES string of the molecule is CN(CCc1ccccc1)c1ncc(-c2cnccn2)c(-c2ccco2)n1. The number of nitrogens with zero attached hydrogens (tertiary/aromatic N) is 5. The molecule has 0 aliphatic carbocycles. The van der Waals surface area contributed by atoms with Gasteiger partial charge in [0.2, 0.25) is 5.95 Å². The second kappa shape index (κ2) is 7.78. The molecule has 27 heavy (non-hydrogen) atoms. The molecule has 0 N–H and O–H groups in total. The number of benzene rings is 1. The van der Waals surface area contributed by atoms with Crippen molar-refractivity contribution in [2.24, 2.45) is 0 Å². The molecule has 4 rings (SSSR count). The van der Waals surface area contributed by atoms with Gasteiger partial charge in [-0.25, -0.2) is 9.97 Å². The lowest BCUT2D eigenvalue weighted by molar-refractivity contribution is 0.580. The lowest BCUT2D eigenvalue weighted by atomic mass is 10.1. The molecule has 1 aromatic carbocycles. The smallest absolute Gasteiger partial charge is 0.225 e. The summed E-state index contributed by atoms with van der Waals surface area (Å²) in [6.07, 6.45) is 9.33. The quantitative estimate of drug-likeness (QED) is 0.522. The minimum atomic E-state index is 0.643. The molecule has 0 fully saturated rings. The summed E-state index contributed by atoms with van der Waals surface area (Å²) in [6.45, 7) is 0.812. The van der Waals surface area contributed by atoms with Crippen molar-refractivity contribution < 1.29 is 4.42 Å². The Morgan fingerprint density at radius 3 is 2.59 bits per heavy atom. The summed E-state index contributed by atoms with van der Waals surface area (Å²) in [6, 6.07) is 14.1. The van der Waals surface area contributed by atoms with Crippen molar-refractivity contribution in [1.29, 1.82) is 0 Å². The van der Waals surface area contributed by atoms with Crippen LogP contribution in [-0.2, 0) is 6.42 Å². The van der Waals surface area contributed by atoms with Crippen LogP contribution < -0.4 is 4.90 Å². The molecular formula is C21H19N5O. The minimum absolute atomic E-state index is 0.643. The summed E-state index contributed by atoms with van der Waals surface area (Å²) in [5.74, 6) is 1.32. The largest absolute Gasteiger partial charge is 0.463 e. The van der Waals surface area contributed by atoms with E-state index in [4.69, 9.17) is 9.40 Å². The van der Waals surface area contributed by atoms with Gasteiger partial charge in [-0.3, -0.25) is 9.97 Å². The average Bonchev–Trinajstić information content (AvgIpc) is 3.28. The highest BCUT2D eigenvalue weighted by molar-refractivity contribution is 5.76. The Morgan fingerprint density at radius 2 is 1.85 bits per heavy atom. The van der Waals surface area contributed by atoms with Crippen molar-refractivity contribution in [2.45, 2.75) is 6.42 Å². The van der Waals surface area contributed by atoms with Gasteiger partial charge < -0.3 is 9.32 Å². The molecular weight excluding hydrogens is 338 g/mol. The number of furan rings is 1. The lowest BCUT2D eigenvalue weighted by Gasteiger charge is -2.18. The van der Waals surface area contributed by atoms with E-state index in [1.165, 1.54) is 5.56 Å². The maximum Gasteiger partial charge on any atom is 0.225 e. The number of likely N-dealkylation sites (N-methyl/N-ethyl adjacent to an activating group) is 1. The van der Waals surface area contributed by atoms with Crippen LogP contribution >= 0.6 is 0 Å². The van der Waals surface area contributed by atoms with Gasteiger partial charge in [0.25, 0.3) is 0 Å². The highest BCUT2D eigenvalue weighted by Crippen LogP contribution is 2.30. The molecule has 4 aromatic rings. The van der Waals surface area contributed by atoms with Crippen molar-refractivity contribution in [3.63, 3.8) is 0 Å². The van der Waals surface area contributed by atoms with Crippen LogP contribution in [-0.4, -0.2) is 33.5 Å². The van der Waals surface area contributed by atoms with Gasteiger partial charge in [0.05, 0.1) is 18.2 Å². The highest BCUT2D eigenvalue weighted by atomic mass is 16.3. The van der Waals surface area contributed by atoms with Gasteiger partial charge in [-0.1, -0.05) is 30.3 Å². The van der Waals surface area contributed by atoms with E-state index < -0.39 is 0 Å². The van der Waals surface area contributed by atoms with Crippen LogP contribution in [0.25, 0.3) is 22.7 Å². The van der Waals surface area contributed by atoms with Gasteiger partial charge in [0, 0.05) is 37.7 Å². The molecule has 0 amide bonds. The summed E-state index contributed by atoms with van der Waals surface area (Å²) < 4.78 is 5.59. The summed E-state index contributed by atoms with van der Waals surface area (Å²) in [5, 5.41) is 0. The van der Waals surface area contributed by atoms with E-state index >= 15 is 0 Å². The molecule has 6 nitrogen and oxygen atoms in total. The third kappa shape index (κ3) is 3.84. The summed E-state index contributed by atoms with van der Waals surface area (Å²) >= 11 is 0. The number of hydrogen-bond acceptors (Lipinski definition) is 6. The fraction of sp³-hybridized carbons (Fsp3) is 0.143. The first-order chi connectivity index (χ1) is 13.3. The summed E-state index contributed by atoms with van der Waals surface area (Å²) in [4.78, 5) is 19.9. The third-order valence-electron chi connectivity index (χ3n) is 4.29. The maximum absolute atomic E-state index is 5.59. The van der Waals surface area contributed by atoms with Gasteiger partial charge in [-0.2, -0.15) is 0 Å². The Hall–Kier alpha value is -3.54. The topological polar surface area (TPSA) is 67.9 Å². The first-order valence-electron chi connectivity index (χ1n) is 8.73. The standard InChI is InChI=1S/C21H19N5O/c1-26(12-9-16-6-3-2-4-7-16)21-24-14-17(18-15-22-10-11-23-18)20(25-21)19-8-5-13-27-19/h2-8,10-11,13-15H,9,12H2,1H3. The molecule has 0 radical (unpaired) electrons. The van der Waals surface area contributed by atoms with Crippen LogP contribution in [0.4, 0.5) is 5.95 Å². The molecule has 3 aromatic heterocycles. The van der Waals surface area contributed by atoms with Crippen molar-refractivity contribution in [1.82, 2.24) is 19.9 Å². The fourth-order valence-electron chi connectivity index (χ4n) is 2.82. The molecule has 0 unspecified atom stereocenters. The van der Waals surface area contributed by atoms with Crippen molar-refractivity contribution >= 4 is 5.95 Å². The van der Waals surface area contributed by atoms with E-state index in [1.54, 1.807) is 31.1 Å². The molecule has 134 valence electrons. The zero-order valence-electron chi connectivity index (χ0n) is 15.0. The molecule has 0 spiro atoms. The zero-order chi connectivity index (χ0) is 18.5. The Morgan fingerprint density at radius 1 is 0.963 bits per heavy atom. The van der Waals surface area contributed by atoms with Gasteiger partial charge in [-0.05, 0) is 24.1 Å². The Labute approximate surface area is 157 Å². The Balaban J connectivity index is 1.63. The molecule has 0 saturated carbocycles. The van der Waals surface area contributed by atoms with Crippen LogP contribution in [0, 0.1) is 0 Å². The molecule has 0 aliphatic rings. The number of hydrogen-bond donors (Lipinski definition) is 0. The highest BCUT2D eigenvalue weighted by Gasteiger charge is 2.16. The van der Waals surface area contributed by atoms with Crippen LogP contribution in [0.1, 0.15) is 5.56 Å². The Kier molecular flexibility index (Phi) is 4.87. The molecule has 0 bridgehead atoms. The first-order valence-corrected chi connectivity index (χ1v) is 8.73. The average molecular weight is 357 g/mol. The monoisotopic (exact) mass is 357 g/mol. The van der Waals surface area contributed by atoms with Gasteiger partial charge in [0.1, 0.15) is 5.69 Å². The fourth-order valence-corrected chi connectivity index (χ4v) is 2.82. The van der Waals surface area contributed by atoms with E-state index in [9.17, 15) is 0 Å². The van der Waals surface area contributed by atoms with Crippen LogP contribution in [0.5, 0.6) is 0 Å². The predicted octanol–water partition coefficient (Wildman–Crippen LogP) is 3.87. The molecule has 6 heteroatoms. The maximum atomic E-state index is 5.59. The first kappa shape index (κ1) is 16.9. The number of aromatic nitrogens is 4. The van der Waals surface area contributed by atoms with E-state index in [1.807, 2.05) is 30.1 Å². The van der Waals surface area contributed by atoms with Gasteiger partial charge >= 0.3 is 0 Å². The van der Waals surface area contributed by atoms with Crippen molar-refractivity contribution in [3.05, 3.63) is 79.1 Å². The Bertz CT molecular complexity index is 988. The third-order valence-corrected chi connectivity index (χ3v) is 4.29. The normalized spacial score (nSPS) is 10.7. The minimum Gasteiger partial charge on any atom is -0.463 e. The van der Waals surface area contributed by atoms with Crippen LogP contribution in [0.3, 0.4) is 0 Å². The van der Waals surface area contributed by atoms with Gasteiger partial charge in [0.15, 0.2) is 5.76 Å². The molecule has 3 heterocycles. The van der Waals surface area contributed by atoms with Crippen LogP contribution in [0.2, 0.25) is 0 Å². The predicted molar refractivity (Wildman–Crippen MR) is 104 cm³/mol. The molecule has 0 saturated heterocycles.